The highest BCUT2D eigenvalue weighted by atomic mass is 16.4. The predicted octanol–water partition coefficient (Wildman–Crippen LogP) is 2.22. The third-order valence-electron chi connectivity index (χ3n) is 1.81. The summed E-state index contributed by atoms with van der Waals surface area (Å²) in [6.45, 7) is 4.10. The van der Waals surface area contributed by atoms with E-state index in [1.165, 1.54) is 0 Å². The molecule has 14 heavy (non-hydrogen) atoms. The van der Waals surface area contributed by atoms with Gasteiger partial charge in [0, 0.05) is 12.2 Å². The molecule has 0 amide bonds. The van der Waals surface area contributed by atoms with Crippen LogP contribution < -0.4 is 5.32 Å². The molecule has 0 saturated heterocycles. The number of hydrogen-bond acceptors (Lipinski definition) is 2. The third-order valence-corrected chi connectivity index (χ3v) is 1.81. The van der Waals surface area contributed by atoms with Crippen molar-refractivity contribution in [3.05, 3.63) is 36.4 Å². The number of benzene rings is 1. The molecule has 3 heteroatoms. The lowest BCUT2D eigenvalue weighted by molar-refractivity contribution is -0.136. The minimum absolute atomic E-state index is 0.128. The van der Waals surface area contributed by atoms with Gasteiger partial charge in [-0.05, 0) is 17.7 Å². The average molecular weight is 191 g/mol. The van der Waals surface area contributed by atoms with E-state index in [0.29, 0.717) is 6.54 Å². The molecule has 0 saturated carbocycles. The summed E-state index contributed by atoms with van der Waals surface area (Å²) in [6, 6.07) is 7.66. The van der Waals surface area contributed by atoms with E-state index in [0.717, 1.165) is 11.3 Å². The molecule has 1 aromatic rings. The van der Waals surface area contributed by atoms with Gasteiger partial charge < -0.3 is 10.4 Å². The molecule has 3 nitrogen and oxygen atoms in total. The number of carbonyl (C=O) groups is 1. The summed E-state index contributed by atoms with van der Waals surface area (Å²) in [6.07, 6.45) is 1.89. The van der Waals surface area contributed by atoms with Crippen molar-refractivity contribution in [3.63, 3.8) is 0 Å². The lowest BCUT2D eigenvalue weighted by Gasteiger charge is -2.04. The topological polar surface area (TPSA) is 49.3 Å². The Hall–Kier alpha value is -1.77. The van der Waals surface area contributed by atoms with E-state index in [9.17, 15) is 4.79 Å². The molecule has 0 atom stereocenters. The van der Waals surface area contributed by atoms with Crippen LogP contribution in [-0.2, 0) is 4.79 Å². The number of aliphatic carboxylic acids is 1. The lowest BCUT2D eigenvalue weighted by Crippen LogP contribution is -2.07. The molecule has 2 N–H and O–H groups in total. The Morgan fingerprint density at radius 2 is 2.07 bits per heavy atom. The van der Waals surface area contributed by atoms with Gasteiger partial charge in [0.15, 0.2) is 0 Å². The monoisotopic (exact) mass is 191 g/mol. The van der Waals surface area contributed by atoms with Crippen LogP contribution in [0.4, 0.5) is 5.69 Å². The Morgan fingerprint density at radius 3 is 2.57 bits per heavy atom. The zero-order chi connectivity index (χ0) is 10.4. The van der Waals surface area contributed by atoms with Crippen molar-refractivity contribution < 1.29 is 9.90 Å². The predicted molar refractivity (Wildman–Crippen MR) is 57.3 cm³/mol. The SMILES string of the molecule is C=Cc1ccc(NCCC(=O)O)cc1. The fraction of sp³-hybridized carbons (Fsp3) is 0.182. The van der Waals surface area contributed by atoms with Crippen LogP contribution in [-0.4, -0.2) is 17.6 Å². The molecule has 0 spiro atoms. The Morgan fingerprint density at radius 1 is 1.43 bits per heavy atom. The molecule has 0 aliphatic rings. The smallest absolute Gasteiger partial charge is 0.305 e. The molecule has 1 aromatic carbocycles. The molecule has 0 unspecified atom stereocenters. The highest BCUT2D eigenvalue weighted by molar-refractivity contribution is 5.67. The van der Waals surface area contributed by atoms with Gasteiger partial charge in [-0.1, -0.05) is 24.8 Å². The summed E-state index contributed by atoms with van der Waals surface area (Å²) in [5.41, 5.74) is 1.98. The van der Waals surface area contributed by atoms with Crippen molar-refractivity contribution in [1.82, 2.24) is 0 Å². The summed E-state index contributed by atoms with van der Waals surface area (Å²) in [7, 11) is 0. The summed E-state index contributed by atoms with van der Waals surface area (Å²) in [5, 5.41) is 11.4. The van der Waals surface area contributed by atoms with Gasteiger partial charge in [0.1, 0.15) is 0 Å². The second-order valence-electron chi connectivity index (χ2n) is 2.90. The largest absolute Gasteiger partial charge is 0.481 e. The van der Waals surface area contributed by atoms with Gasteiger partial charge in [0.25, 0.3) is 0 Å². The number of nitrogens with one attached hydrogen (secondary N) is 1. The Labute approximate surface area is 83.1 Å². The van der Waals surface area contributed by atoms with Crippen molar-refractivity contribution in [2.45, 2.75) is 6.42 Å². The molecule has 0 heterocycles. The van der Waals surface area contributed by atoms with Crippen LogP contribution in [0, 0.1) is 0 Å². The maximum Gasteiger partial charge on any atom is 0.305 e. The van der Waals surface area contributed by atoms with Crippen molar-refractivity contribution in [3.8, 4) is 0 Å². The van der Waals surface area contributed by atoms with E-state index < -0.39 is 5.97 Å². The zero-order valence-corrected chi connectivity index (χ0v) is 7.86. The van der Waals surface area contributed by atoms with Crippen molar-refractivity contribution in [1.29, 1.82) is 0 Å². The van der Waals surface area contributed by atoms with E-state index in [-0.39, 0.29) is 6.42 Å². The summed E-state index contributed by atoms with van der Waals surface area (Å²) in [4.78, 5) is 10.2. The van der Waals surface area contributed by atoms with Crippen LogP contribution in [0.15, 0.2) is 30.8 Å². The zero-order valence-electron chi connectivity index (χ0n) is 7.86. The fourth-order valence-electron chi connectivity index (χ4n) is 1.05. The Balaban J connectivity index is 2.43. The maximum atomic E-state index is 10.2. The van der Waals surface area contributed by atoms with Gasteiger partial charge in [-0.15, -0.1) is 0 Å². The molecular formula is C11H13NO2. The van der Waals surface area contributed by atoms with E-state index in [4.69, 9.17) is 5.11 Å². The average Bonchev–Trinajstić information content (AvgIpc) is 2.18. The molecule has 0 aliphatic carbocycles. The molecule has 0 bridgehead atoms. The van der Waals surface area contributed by atoms with Crippen LogP contribution in [0.25, 0.3) is 6.08 Å². The molecule has 0 radical (unpaired) electrons. The van der Waals surface area contributed by atoms with Crippen LogP contribution in [0.2, 0.25) is 0 Å². The second-order valence-corrected chi connectivity index (χ2v) is 2.90. The molecule has 0 aliphatic heterocycles. The van der Waals surface area contributed by atoms with Gasteiger partial charge in [0.05, 0.1) is 6.42 Å². The second kappa shape index (κ2) is 5.07. The normalized spacial score (nSPS) is 9.43. The first-order valence-corrected chi connectivity index (χ1v) is 4.40. The summed E-state index contributed by atoms with van der Waals surface area (Å²) >= 11 is 0. The van der Waals surface area contributed by atoms with Crippen LogP contribution in [0.5, 0.6) is 0 Å². The van der Waals surface area contributed by atoms with Gasteiger partial charge in [0.2, 0.25) is 0 Å². The van der Waals surface area contributed by atoms with Crippen molar-refractivity contribution in [2.75, 3.05) is 11.9 Å². The number of carboxylic acid groups (broad SMARTS) is 1. The molecule has 0 fully saturated rings. The first-order chi connectivity index (χ1) is 6.72. The standard InChI is InChI=1S/C11H13NO2/c1-2-9-3-5-10(6-4-9)12-8-7-11(13)14/h2-6,12H,1,7-8H2,(H,13,14). The highest BCUT2D eigenvalue weighted by Gasteiger charge is 1.96. The van der Waals surface area contributed by atoms with Gasteiger partial charge in [-0.2, -0.15) is 0 Å². The van der Waals surface area contributed by atoms with E-state index >= 15 is 0 Å². The fourth-order valence-corrected chi connectivity index (χ4v) is 1.05. The first-order valence-electron chi connectivity index (χ1n) is 4.40. The van der Waals surface area contributed by atoms with Crippen molar-refractivity contribution in [2.24, 2.45) is 0 Å². The number of anilines is 1. The van der Waals surface area contributed by atoms with Crippen LogP contribution >= 0.6 is 0 Å². The minimum atomic E-state index is -0.791. The summed E-state index contributed by atoms with van der Waals surface area (Å²) in [5.74, 6) is -0.791. The number of hydrogen-bond donors (Lipinski definition) is 2. The lowest BCUT2D eigenvalue weighted by atomic mass is 10.2. The molecule has 0 aromatic heterocycles. The van der Waals surface area contributed by atoms with Crippen molar-refractivity contribution >= 4 is 17.7 Å². The first kappa shape index (κ1) is 10.3. The molecular weight excluding hydrogens is 178 g/mol. The number of rotatable bonds is 5. The summed E-state index contributed by atoms with van der Waals surface area (Å²) < 4.78 is 0. The third kappa shape index (κ3) is 3.31. The van der Waals surface area contributed by atoms with E-state index in [2.05, 4.69) is 11.9 Å². The highest BCUT2D eigenvalue weighted by Crippen LogP contribution is 2.09. The minimum Gasteiger partial charge on any atom is -0.481 e. The van der Waals surface area contributed by atoms with Crippen LogP contribution in [0.1, 0.15) is 12.0 Å². The number of carboxylic acids is 1. The Bertz CT molecular complexity index is 317. The maximum absolute atomic E-state index is 10.2. The van der Waals surface area contributed by atoms with Crippen LogP contribution in [0.3, 0.4) is 0 Å². The Kier molecular flexibility index (Phi) is 3.73. The van der Waals surface area contributed by atoms with Gasteiger partial charge in [-0.3, -0.25) is 4.79 Å². The van der Waals surface area contributed by atoms with E-state index in [1.807, 2.05) is 24.3 Å². The van der Waals surface area contributed by atoms with Gasteiger partial charge >= 0.3 is 5.97 Å². The molecule has 1 rings (SSSR count). The quantitative estimate of drug-likeness (QED) is 0.750. The molecule has 74 valence electrons. The van der Waals surface area contributed by atoms with Gasteiger partial charge in [-0.25, -0.2) is 0 Å². The van der Waals surface area contributed by atoms with E-state index in [1.54, 1.807) is 6.08 Å².